The fraction of sp³-hybridized carbons (Fsp3) is 0.364. The second-order valence-electron chi connectivity index (χ2n) is 7.76. The molecule has 1 aromatic carbocycles. The van der Waals surface area contributed by atoms with Crippen LogP contribution in [0.4, 0.5) is 19.1 Å². The number of ether oxygens (including phenoxy) is 1. The number of pyridine rings is 1. The number of nitrogens with two attached hydrogens (primary N) is 1. The van der Waals surface area contributed by atoms with Crippen LogP contribution >= 0.6 is 11.6 Å². The molecule has 1 amide bonds. The molecule has 1 aliphatic heterocycles. The van der Waals surface area contributed by atoms with Crippen molar-refractivity contribution in [2.45, 2.75) is 12.5 Å². The average Bonchev–Trinajstić information content (AvgIpc) is 2.89. The number of rotatable bonds is 10. The zero-order valence-corrected chi connectivity index (χ0v) is 20.2. The third kappa shape index (κ3) is 7.13. The van der Waals surface area contributed by atoms with Crippen molar-refractivity contribution < 1.29 is 37.4 Å². The molecule has 1 aromatic heterocycles. The minimum absolute atomic E-state index is 0.00416. The van der Waals surface area contributed by atoms with E-state index in [-0.39, 0.29) is 29.7 Å². The van der Waals surface area contributed by atoms with Gasteiger partial charge in [0.15, 0.2) is 0 Å². The summed E-state index contributed by atoms with van der Waals surface area (Å²) in [6.45, 7) is 1.67. The number of alkyl halides is 2. The maximum Gasteiger partial charge on any atom is 0.451 e. The maximum atomic E-state index is 13.7. The van der Waals surface area contributed by atoms with Crippen LogP contribution in [0, 0.1) is 5.41 Å². The van der Waals surface area contributed by atoms with E-state index in [0.717, 1.165) is 5.82 Å². The van der Waals surface area contributed by atoms with Crippen LogP contribution in [0.5, 0.6) is 5.75 Å². The molecule has 2 heterocycles. The molecular formula is C22H24ClF3N6O5. The van der Waals surface area contributed by atoms with E-state index in [1.807, 2.05) is 18.2 Å². The van der Waals surface area contributed by atoms with Crippen LogP contribution in [0.3, 0.4) is 0 Å². The molecule has 3 rings (SSSR count). The molecule has 0 radical (unpaired) electrons. The Morgan fingerprint density at radius 2 is 1.89 bits per heavy atom. The second-order valence-corrected chi connectivity index (χ2v) is 8.20. The molecule has 1 fully saturated rings. The van der Waals surface area contributed by atoms with E-state index in [4.69, 9.17) is 27.5 Å². The lowest BCUT2D eigenvalue weighted by Crippen LogP contribution is -2.53. The maximum absolute atomic E-state index is 13.7. The Morgan fingerprint density at radius 1 is 1.16 bits per heavy atom. The normalized spacial score (nSPS) is 13.7. The number of amides is 1. The van der Waals surface area contributed by atoms with Crippen LogP contribution in [0.1, 0.15) is 16.8 Å². The van der Waals surface area contributed by atoms with Crippen LogP contribution < -0.4 is 15.4 Å². The van der Waals surface area contributed by atoms with E-state index in [1.165, 1.54) is 18.2 Å². The summed E-state index contributed by atoms with van der Waals surface area (Å²) >= 11 is 6.15. The predicted octanol–water partition coefficient (Wildman–Crippen LogP) is 2.61. The van der Waals surface area contributed by atoms with Gasteiger partial charge >= 0.3 is 12.0 Å². The van der Waals surface area contributed by atoms with Crippen molar-refractivity contribution in [1.82, 2.24) is 14.9 Å². The third-order valence-corrected chi connectivity index (χ3v) is 5.44. The van der Waals surface area contributed by atoms with Gasteiger partial charge in [-0.1, -0.05) is 17.7 Å². The zero-order chi connectivity index (χ0) is 27.0. The Kier molecular flexibility index (Phi) is 9.36. The molecule has 37 heavy (non-hydrogen) atoms. The van der Waals surface area contributed by atoms with Crippen LogP contribution in [0.25, 0.3) is 0 Å². The lowest BCUT2D eigenvalue weighted by atomic mass is 10.1. The second kappa shape index (κ2) is 12.5. The van der Waals surface area contributed by atoms with E-state index in [0.29, 0.717) is 31.7 Å². The standard InChI is InChI=1S/C22H24ClF3N6O5/c23-16-12-15(19(33)31-8-6-30(7-9-31)18-4-1-2-5-29-18)13-17(14-16)35-10-3-11-36-32(21(27)28)22(24,25)20(34)37-26/h1-2,4-5,12-14H,3,6-11H2,(H3,27,28). The number of carbonyl (C=O) groups is 2. The van der Waals surface area contributed by atoms with Gasteiger partial charge in [-0.3, -0.25) is 15.0 Å². The number of hydrogen-bond donors (Lipinski definition) is 2. The molecule has 0 bridgehead atoms. The topological polar surface area (TPSA) is 134 Å². The van der Waals surface area contributed by atoms with Crippen molar-refractivity contribution in [2.24, 2.45) is 5.73 Å². The monoisotopic (exact) mass is 544 g/mol. The minimum atomic E-state index is -4.65. The number of carbonyl (C=O) groups excluding carboxylic acids is 2. The number of nitrogens with zero attached hydrogens (tertiary/aromatic N) is 4. The highest BCUT2D eigenvalue weighted by atomic mass is 35.5. The van der Waals surface area contributed by atoms with E-state index in [9.17, 15) is 22.9 Å². The van der Waals surface area contributed by atoms with Gasteiger partial charge in [0.2, 0.25) is 5.96 Å². The van der Waals surface area contributed by atoms with Crippen LogP contribution in [0.2, 0.25) is 5.02 Å². The summed E-state index contributed by atoms with van der Waals surface area (Å²) in [5, 5.41) is 6.79. The molecule has 1 saturated heterocycles. The molecule has 1 aliphatic rings. The van der Waals surface area contributed by atoms with Gasteiger partial charge in [-0.25, -0.2) is 14.7 Å². The zero-order valence-electron chi connectivity index (χ0n) is 19.4. The Labute approximate surface area is 214 Å². The fourth-order valence-corrected chi connectivity index (χ4v) is 3.69. The minimum Gasteiger partial charge on any atom is -0.493 e. The molecule has 0 saturated carbocycles. The molecule has 11 nitrogen and oxygen atoms in total. The van der Waals surface area contributed by atoms with Gasteiger partial charge in [-0.2, -0.15) is 8.78 Å². The van der Waals surface area contributed by atoms with Gasteiger partial charge in [0, 0.05) is 53.9 Å². The number of benzene rings is 1. The summed E-state index contributed by atoms with van der Waals surface area (Å²) in [6, 6.07) is 5.50. The SMILES string of the molecule is N=C(N)N(OCCCOc1cc(Cl)cc(C(=O)N2CCN(c3ccccn3)CC2)c1)C(F)(F)C(=O)OF. The number of halogens is 4. The van der Waals surface area contributed by atoms with Gasteiger partial charge in [0.1, 0.15) is 11.6 Å². The summed E-state index contributed by atoms with van der Waals surface area (Å²) in [6.07, 6.45) is 1.71. The number of piperazine rings is 1. The van der Waals surface area contributed by atoms with Crippen molar-refractivity contribution in [2.75, 3.05) is 44.3 Å². The molecule has 0 unspecified atom stereocenters. The summed E-state index contributed by atoms with van der Waals surface area (Å²) in [5.41, 5.74) is 5.28. The molecule has 0 aliphatic carbocycles. The number of anilines is 1. The average molecular weight is 545 g/mol. The number of guanidine groups is 1. The summed E-state index contributed by atoms with van der Waals surface area (Å²) in [4.78, 5) is 39.1. The van der Waals surface area contributed by atoms with E-state index < -0.39 is 29.6 Å². The number of aromatic nitrogens is 1. The summed E-state index contributed by atoms with van der Waals surface area (Å²) < 4.78 is 44.8. The van der Waals surface area contributed by atoms with Crippen molar-refractivity contribution >= 4 is 35.3 Å². The largest absolute Gasteiger partial charge is 0.493 e. The molecule has 2 aromatic rings. The number of hydroxylamine groups is 2. The molecule has 0 atom stereocenters. The van der Waals surface area contributed by atoms with E-state index in [1.54, 1.807) is 11.1 Å². The quantitative estimate of drug-likeness (QED) is 0.152. The highest BCUT2D eigenvalue weighted by Gasteiger charge is 2.51. The van der Waals surface area contributed by atoms with Gasteiger partial charge < -0.3 is 20.3 Å². The van der Waals surface area contributed by atoms with Crippen molar-refractivity contribution in [3.8, 4) is 5.75 Å². The smallest absolute Gasteiger partial charge is 0.451 e. The van der Waals surface area contributed by atoms with Crippen LogP contribution in [-0.2, 0) is 14.6 Å². The first-order chi connectivity index (χ1) is 17.6. The third-order valence-electron chi connectivity index (χ3n) is 5.23. The highest BCUT2D eigenvalue weighted by Crippen LogP contribution is 2.24. The van der Waals surface area contributed by atoms with Gasteiger partial charge in [-0.15, -0.1) is 5.06 Å². The van der Waals surface area contributed by atoms with Gasteiger partial charge in [-0.05, 0) is 30.3 Å². The predicted molar refractivity (Wildman–Crippen MR) is 126 cm³/mol. The molecular weight excluding hydrogens is 521 g/mol. The van der Waals surface area contributed by atoms with Crippen LogP contribution in [-0.4, -0.2) is 78.2 Å². The lowest BCUT2D eigenvalue weighted by Gasteiger charge is -2.35. The highest BCUT2D eigenvalue weighted by molar-refractivity contribution is 6.31. The number of hydrogen-bond acceptors (Lipinski definition) is 8. The Morgan fingerprint density at radius 3 is 2.51 bits per heavy atom. The summed E-state index contributed by atoms with van der Waals surface area (Å²) in [7, 11) is 0. The van der Waals surface area contributed by atoms with Crippen molar-refractivity contribution in [3.63, 3.8) is 0 Å². The first-order valence-corrected chi connectivity index (χ1v) is 11.4. The number of nitrogens with one attached hydrogen (secondary N) is 1. The first kappa shape index (κ1) is 27.8. The molecule has 0 spiro atoms. The van der Waals surface area contributed by atoms with Gasteiger partial charge in [0.25, 0.3) is 5.91 Å². The van der Waals surface area contributed by atoms with Crippen molar-refractivity contribution in [1.29, 1.82) is 5.41 Å². The van der Waals surface area contributed by atoms with E-state index in [2.05, 4.69) is 19.7 Å². The van der Waals surface area contributed by atoms with Gasteiger partial charge in [0.05, 0.1) is 13.2 Å². The van der Waals surface area contributed by atoms with E-state index >= 15 is 0 Å². The Balaban J connectivity index is 1.51. The Bertz CT molecular complexity index is 1110. The van der Waals surface area contributed by atoms with Crippen molar-refractivity contribution in [3.05, 3.63) is 53.2 Å². The first-order valence-electron chi connectivity index (χ1n) is 11.0. The summed E-state index contributed by atoms with van der Waals surface area (Å²) in [5.74, 6) is -3.05. The molecule has 3 N–H and O–H groups in total. The molecule has 15 heteroatoms. The Hall–Kier alpha value is -3.78. The fourth-order valence-electron chi connectivity index (χ4n) is 3.47. The molecule has 200 valence electrons. The lowest BCUT2D eigenvalue weighted by molar-refractivity contribution is -0.289. The van der Waals surface area contributed by atoms with Crippen LogP contribution in [0.15, 0.2) is 42.6 Å².